The quantitative estimate of drug-likeness (QED) is 0.728. The molecule has 0 saturated heterocycles. The Morgan fingerprint density at radius 3 is 2.50 bits per heavy atom. The molecule has 0 fully saturated rings. The fraction of sp³-hybridized carbons (Fsp3) is 0.333. The largest absolute Gasteiger partial charge is 1.00 e. The highest BCUT2D eigenvalue weighted by atomic mass is 79.9. The number of benzene rings is 2. The standard InChI is InChI=1S/C21H26N2.BrH/c1-4-6-16-23-20-10-8-7-9-19(20)22(15-5-2)21(23)18-13-11-17(3)12-14-18;/h5,7-14,21H,2,4,6,15-16H2,1,3H3;1H. The Kier molecular flexibility index (Phi) is 6.64. The Labute approximate surface area is 156 Å². The van der Waals surface area contributed by atoms with Crippen LogP contribution in [0.3, 0.4) is 0 Å². The van der Waals surface area contributed by atoms with Crippen molar-refractivity contribution in [3.8, 4) is 0 Å². The van der Waals surface area contributed by atoms with E-state index < -0.39 is 0 Å². The van der Waals surface area contributed by atoms with Gasteiger partial charge in [0.1, 0.15) is 5.69 Å². The predicted molar refractivity (Wildman–Crippen MR) is 98.3 cm³/mol. The summed E-state index contributed by atoms with van der Waals surface area (Å²) in [6.45, 7) is 10.4. The second-order valence-electron chi connectivity index (χ2n) is 6.40. The summed E-state index contributed by atoms with van der Waals surface area (Å²) >= 11 is 0. The summed E-state index contributed by atoms with van der Waals surface area (Å²) in [4.78, 5) is 4.06. The molecule has 2 atom stereocenters. The highest BCUT2D eigenvalue weighted by molar-refractivity contribution is 5.67. The Bertz CT molecular complexity index is 666. The summed E-state index contributed by atoms with van der Waals surface area (Å²) in [6.07, 6.45) is 4.83. The van der Waals surface area contributed by atoms with Crippen LogP contribution in [0.2, 0.25) is 0 Å². The van der Waals surface area contributed by atoms with Crippen molar-refractivity contribution in [1.29, 1.82) is 0 Å². The van der Waals surface area contributed by atoms with Crippen molar-refractivity contribution in [2.24, 2.45) is 0 Å². The topological polar surface area (TPSA) is 7.68 Å². The first-order chi connectivity index (χ1) is 11.3. The number of rotatable bonds is 6. The lowest BCUT2D eigenvalue weighted by Gasteiger charge is -2.28. The first kappa shape index (κ1) is 18.8. The van der Waals surface area contributed by atoms with Crippen LogP contribution in [-0.4, -0.2) is 13.1 Å². The van der Waals surface area contributed by atoms with Crippen molar-refractivity contribution in [1.82, 2.24) is 0 Å². The van der Waals surface area contributed by atoms with Gasteiger partial charge in [-0.25, -0.2) is 0 Å². The third-order valence-electron chi connectivity index (χ3n) is 4.72. The minimum Gasteiger partial charge on any atom is -1.00 e. The molecule has 0 aliphatic carbocycles. The van der Waals surface area contributed by atoms with Gasteiger partial charge in [-0.05, 0) is 19.4 Å². The molecule has 0 bridgehead atoms. The van der Waals surface area contributed by atoms with Crippen molar-refractivity contribution < 1.29 is 21.9 Å². The number of nitrogens with zero attached hydrogens (tertiary/aromatic N) is 1. The third-order valence-corrected chi connectivity index (χ3v) is 4.72. The van der Waals surface area contributed by atoms with Gasteiger partial charge in [0, 0.05) is 18.2 Å². The summed E-state index contributed by atoms with van der Waals surface area (Å²) in [5.74, 6) is 0. The molecule has 0 amide bonds. The maximum atomic E-state index is 3.98. The van der Waals surface area contributed by atoms with E-state index >= 15 is 0 Å². The van der Waals surface area contributed by atoms with E-state index in [2.05, 4.69) is 73.9 Å². The third kappa shape index (κ3) is 3.57. The van der Waals surface area contributed by atoms with Gasteiger partial charge in [-0.1, -0.05) is 61.4 Å². The molecule has 2 aromatic rings. The summed E-state index contributed by atoms with van der Waals surface area (Å²) < 4.78 is 0. The molecule has 0 saturated carbocycles. The molecule has 0 radical (unpaired) electrons. The van der Waals surface area contributed by atoms with Crippen LogP contribution in [-0.2, 0) is 0 Å². The Morgan fingerprint density at radius 1 is 1.12 bits per heavy atom. The molecule has 0 spiro atoms. The zero-order valence-corrected chi connectivity index (χ0v) is 16.2. The molecule has 1 aliphatic rings. The molecular formula is C21H27BrN2. The SMILES string of the molecule is C=CCN1c2ccccc2[NH+](CCCC)C1c1ccc(C)cc1.[Br-]. The Morgan fingerprint density at radius 2 is 1.83 bits per heavy atom. The van der Waals surface area contributed by atoms with E-state index in [4.69, 9.17) is 0 Å². The van der Waals surface area contributed by atoms with Gasteiger partial charge >= 0.3 is 0 Å². The second-order valence-corrected chi connectivity index (χ2v) is 6.40. The molecule has 2 nitrogen and oxygen atoms in total. The fourth-order valence-corrected chi connectivity index (χ4v) is 3.58. The number of para-hydroxylation sites is 2. The number of halogens is 1. The van der Waals surface area contributed by atoms with Crippen LogP contribution in [0.25, 0.3) is 0 Å². The minimum absolute atomic E-state index is 0. The van der Waals surface area contributed by atoms with Crippen LogP contribution < -0.4 is 26.8 Å². The zero-order valence-electron chi connectivity index (χ0n) is 14.6. The van der Waals surface area contributed by atoms with E-state index in [1.165, 1.54) is 41.9 Å². The Hall–Kier alpha value is -1.58. The minimum atomic E-state index is 0. The lowest BCUT2D eigenvalue weighted by Crippen LogP contribution is -3.07. The lowest BCUT2D eigenvalue weighted by atomic mass is 10.1. The molecule has 2 unspecified atom stereocenters. The van der Waals surface area contributed by atoms with Crippen LogP contribution in [0, 0.1) is 6.92 Å². The van der Waals surface area contributed by atoms with Gasteiger partial charge in [-0.2, -0.15) is 0 Å². The molecule has 1 aliphatic heterocycles. The average molecular weight is 387 g/mol. The van der Waals surface area contributed by atoms with Crippen LogP contribution in [0.4, 0.5) is 11.4 Å². The smallest absolute Gasteiger partial charge is 0.195 e. The molecule has 128 valence electrons. The number of unbranched alkanes of at least 4 members (excludes halogenated alkanes) is 1. The van der Waals surface area contributed by atoms with E-state index in [9.17, 15) is 0 Å². The van der Waals surface area contributed by atoms with Gasteiger partial charge < -0.3 is 21.9 Å². The number of quaternary nitrogens is 1. The molecule has 0 aromatic heterocycles. The zero-order chi connectivity index (χ0) is 16.2. The normalized spacial score (nSPS) is 18.8. The first-order valence-corrected chi connectivity index (χ1v) is 8.65. The van der Waals surface area contributed by atoms with Crippen LogP contribution in [0.15, 0.2) is 61.2 Å². The van der Waals surface area contributed by atoms with E-state index in [1.54, 1.807) is 4.90 Å². The monoisotopic (exact) mass is 386 g/mol. The summed E-state index contributed by atoms with van der Waals surface area (Å²) in [5, 5.41) is 0. The van der Waals surface area contributed by atoms with E-state index in [-0.39, 0.29) is 17.0 Å². The fourth-order valence-electron chi connectivity index (χ4n) is 3.58. The molecule has 1 heterocycles. The highest BCUT2D eigenvalue weighted by Gasteiger charge is 2.40. The summed E-state index contributed by atoms with van der Waals surface area (Å²) in [6, 6.07) is 17.9. The second kappa shape index (κ2) is 8.50. The molecule has 2 aromatic carbocycles. The van der Waals surface area contributed by atoms with Gasteiger partial charge in [0.2, 0.25) is 0 Å². The molecule has 1 N–H and O–H groups in total. The highest BCUT2D eigenvalue weighted by Crippen LogP contribution is 2.35. The summed E-state index contributed by atoms with van der Waals surface area (Å²) in [5.41, 5.74) is 5.48. The first-order valence-electron chi connectivity index (χ1n) is 8.65. The van der Waals surface area contributed by atoms with Crippen LogP contribution in [0.5, 0.6) is 0 Å². The number of hydrogen-bond donors (Lipinski definition) is 1. The number of fused-ring (bicyclic) bond motifs is 1. The summed E-state index contributed by atoms with van der Waals surface area (Å²) in [7, 11) is 0. The average Bonchev–Trinajstić information content (AvgIpc) is 2.88. The van der Waals surface area contributed by atoms with E-state index in [0.29, 0.717) is 6.17 Å². The van der Waals surface area contributed by atoms with Gasteiger partial charge in [0.15, 0.2) is 11.9 Å². The van der Waals surface area contributed by atoms with E-state index in [1.807, 2.05) is 6.08 Å². The predicted octanol–water partition coefficient (Wildman–Crippen LogP) is 1.02. The Balaban J connectivity index is 0.00000208. The van der Waals surface area contributed by atoms with Crippen molar-refractivity contribution in [3.63, 3.8) is 0 Å². The number of aryl methyl sites for hydroxylation is 1. The lowest BCUT2D eigenvalue weighted by molar-refractivity contribution is -0.860. The maximum absolute atomic E-state index is 3.98. The van der Waals surface area contributed by atoms with Gasteiger partial charge in [-0.3, -0.25) is 4.90 Å². The van der Waals surface area contributed by atoms with Gasteiger partial charge in [0.25, 0.3) is 0 Å². The number of hydrogen-bond acceptors (Lipinski definition) is 1. The number of nitrogens with one attached hydrogen (secondary N) is 1. The van der Waals surface area contributed by atoms with Crippen molar-refractivity contribution in [2.45, 2.75) is 32.9 Å². The van der Waals surface area contributed by atoms with Crippen molar-refractivity contribution in [2.75, 3.05) is 18.0 Å². The molecule has 24 heavy (non-hydrogen) atoms. The van der Waals surface area contributed by atoms with Gasteiger partial charge in [0.05, 0.1) is 6.54 Å². The molecule has 3 heteroatoms. The van der Waals surface area contributed by atoms with Crippen molar-refractivity contribution >= 4 is 11.4 Å². The van der Waals surface area contributed by atoms with Crippen molar-refractivity contribution in [3.05, 3.63) is 72.3 Å². The van der Waals surface area contributed by atoms with Crippen LogP contribution in [0.1, 0.15) is 37.1 Å². The number of anilines is 1. The molecule has 3 rings (SSSR count). The van der Waals surface area contributed by atoms with Gasteiger partial charge in [-0.15, -0.1) is 6.58 Å². The maximum Gasteiger partial charge on any atom is 0.195 e. The van der Waals surface area contributed by atoms with Crippen LogP contribution >= 0.6 is 0 Å². The molecular weight excluding hydrogens is 360 g/mol. The van der Waals surface area contributed by atoms with E-state index in [0.717, 1.165) is 6.54 Å².